The smallest absolute Gasteiger partial charge is 0.742 e. The van der Waals surface area contributed by atoms with Crippen molar-refractivity contribution in [3.05, 3.63) is 5.90 Å². The maximum atomic E-state index is 11.2. The summed E-state index contributed by atoms with van der Waals surface area (Å²) >= 11 is 18.2. The molecule has 3 N–H and O–H groups in total. The van der Waals surface area contributed by atoms with Crippen LogP contribution in [0.3, 0.4) is 0 Å². The van der Waals surface area contributed by atoms with Gasteiger partial charge in [-0.05, 0) is 109 Å². The number of hydrogen-bond acceptors (Lipinski definition) is 17. The van der Waals surface area contributed by atoms with Crippen LogP contribution in [-0.2, 0) is 69.9 Å². The number of cyclic esters (lactones) is 1. The van der Waals surface area contributed by atoms with E-state index in [4.69, 9.17) is 25.7 Å². The first kappa shape index (κ1) is 79.3. The fourth-order valence-electron chi connectivity index (χ4n) is 5.18. The predicted molar refractivity (Wildman–Crippen MR) is 272 cm³/mol. The molecule has 5 atom stereocenters. The zero-order chi connectivity index (χ0) is 49.6. The maximum absolute atomic E-state index is 11.2. The number of rotatable bonds is 13. The zero-order valence-electron chi connectivity index (χ0n) is 40.4. The fourth-order valence-corrected chi connectivity index (χ4v) is 9.72. The zero-order valence-corrected chi connectivity index (χ0v) is 53.6. The summed E-state index contributed by atoms with van der Waals surface area (Å²) < 4.78 is 23.7. The second-order valence-corrected chi connectivity index (χ2v) is 21.2. The molecule has 0 aromatic carbocycles. The quantitative estimate of drug-likeness (QED) is 0.0493. The first-order valence-corrected chi connectivity index (χ1v) is 27.8. The molecule has 66 heavy (non-hydrogen) atoms. The Bertz CT molecular complexity index is 1200. The molecule has 0 amide bonds. The number of esters is 4. The number of unbranched alkanes of at least 4 members (excludes halogenated alkanes) is 2. The van der Waals surface area contributed by atoms with Crippen molar-refractivity contribution in [2.45, 2.75) is 163 Å². The van der Waals surface area contributed by atoms with E-state index >= 15 is 0 Å². The fraction of sp³-hybridized carbons (Fsp3) is 0.833. The van der Waals surface area contributed by atoms with E-state index in [1.807, 2.05) is 0 Å². The molecule has 4 aliphatic heterocycles. The number of thioether (sulfide) groups is 3. The third-order valence-corrected chi connectivity index (χ3v) is 14.2. The van der Waals surface area contributed by atoms with Crippen molar-refractivity contribution >= 4 is 136 Å². The van der Waals surface area contributed by atoms with Crippen molar-refractivity contribution in [1.29, 1.82) is 0 Å². The normalized spacial score (nSPS) is 18.7. The number of carboxylic acids is 1. The van der Waals surface area contributed by atoms with E-state index in [9.17, 15) is 33.6 Å². The van der Waals surface area contributed by atoms with Crippen LogP contribution in [0.4, 0.5) is 0 Å². The molecule has 24 heteroatoms. The molecule has 0 saturated carbocycles. The maximum Gasteiger partial charge on any atom is 1.00 e. The van der Waals surface area contributed by atoms with Gasteiger partial charge in [-0.15, -0.1) is 23.5 Å². The molecule has 4 rings (SSSR count). The van der Waals surface area contributed by atoms with Gasteiger partial charge in [0.2, 0.25) is 0 Å². The number of hydrogen-bond donors (Lipinski definition) is 2. The van der Waals surface area contributed by atoms with Gasteiger partial charge in [-0.1, -0.05) is 85.2 Å². The Hall–Kier alpha value is 1.92. The van der Waals surface area contributed by atoms with Gasteiger partial charge in [-0.25, -0.2) is 0 Å². The molecule has 0 aromatic heterocycles. The van der Waals surface area contributed by atoms with Gasteiger partial charge in [0.15, 0.2) is 5.12 Å². The van der Waals surface area contributed by atoms with Crippen molar-refractivity contribution in [2.24, 2.45) is 0 Å². The summed E-state index contributed by atoms with van der Waals surface area (Å²) in [5.74, 6) is 5.68. The van der Waals surface area contributed by atoms with E-state index in [0.29, 0.717) is 25.6 Å². The van der Waals surface area contributed by atoms with E-state index in [0.717, 1.165) is 111 Å². The Morgan fingerprint density at radius 3 is 1.65 bits per heavy atom. The Morgan fingerprint density at radius 2 is 1.29 bits per heavy atom. The molecular weight excluding hydrogens is 1170 g/mol. The number of carboxylic acid groups (broad SMARTS) is 1. The minimum Gasteiger partial charge on any atom is -0.742 e. The van der Waals surface area contributed by atoms with E-state index in [1.54, 1.807) is 23.5 Å². The molecule has 0 spiro atoms. The molecule has 15 nitrogen and oxygen atoms in total. The summed E-state index contributed by atoms with van der Waals surface area (Å²) in [5.41, 5.74) is 0. The number of carbonyl (C=O) groups is 7. The van der Waals surface area contributed by atoms with Crippen LogP contribution < -0.4 is 80.9 Å². The van der Waals surface area contributed by atoms with Crippen LogP contribution in [0.25, 0.3) is 5.90 Å². The summed E-state index contributed by atoms with van der Waals surface area (Å²) in [4.78, 5) is 73.8. The second-order valence-electron chi connectivity index (χ2n) is 13.9. The first-order chi connectivity index (χ1) is 30.5. The molecule has 378 valence electrons. The van der Waals surface area contributed by atoms with Crippen LogP contribution >= 0.6 is 83.1 Å². The van der Waals surface area contributed by atoms with Crippen LogP contribution in [0.15, 0.2) is 0 Å². The largest absolute Gasteiger partial charge is 1.00 e. The molecule has 5 unspecified atom stereocenters. The van der Waals surface area contributed by atoms with Gasteiger partial charge in [0, 0.05) is 35.7 Å². The van der Waals surface area contributed by atoms with Crippen molar-refractivity contribution in [3.8, 4) is 0 Å². The summed E-state index contributed by atoms with van der Waals surface area (Å²) in [5, 5.41) is 16.1. The molecule has 4 heterocycles. The van der Waals surface area contributed by atoms with Crippen LogP contribution in [0, 0.1) is 0 Å². The Morgan fingerprint density at radius 1 is 0.773 bits per heavy atom. The standard InChI is InChI=1S/C9H15BrO3S.C7H12Br2O2.C7H12O2S.C6H10O2S.C6H10O2.C5H10O.C2H4OS.K.H2NO.Na/c1-7(11)14-8(9(12)13-2)5-3-4-6-10;1-11-7(10)6(9)4-2-3-5-8;1-9-7(8)6-4-2-3-5-10-6;7-6(8)5-3-1-2-4-9-5;7-6-4-2-1-3-5-8-6;1-5-3-2-4-6-5;1-2(3)4;;1-2;/h8H,3-6H2,1-2H3;6H,2-5H2,1H3;6H,2-5H2,1H3;5H,1-4H2,(H,7,8);1-5H2;5H,2-4H2,1H3;1H3,(H,3,4);;1-2H;/q;;;;;;;+1;-1;+1/p-1. The van der Waals surface area contributed by atoms with Crippen LogP contribution in [0.5, 0.6) is 0 Å². The van der Waals surface area contributed by atoms with E-state index < -0.39 is 5.97 Å². The number of aliphatic carboxylic acids is 1. The Labute approximate surface area is 503 Å². The van der Waals surface area contributed by atoms with Gasteiger partial charge in [-0.2, -0.15) is 0 Å². The van der Waals surface area contributed by atoms with Crippen molar-refractivity contribution in [3.63, 3.8) is 0 Å². The molecule has 0 bridgehead atoms. The van der Waals surface area contributed by atoms with Crippen molar-refractivity contribution < 1.29 is 149 Å². The molecule has 4 saturated heterocycles. The second kappa shape index (κ2) is 59.5. The van der Waals surface area contributed by atoms with Gasteiger partial charge < -0.3 is 57.3 Å². The number of nitrogens with one attached hydrogen (secondary N) is 1. The number of halogens is 3. The monoisotopic (exact) mass is 1240 g/mol. The number of carbonyl (C=O) groups excluding carboxylic acids is 6. The van der Waals surface area contributed by atoms with Gasteiger partial charge in [0.25, 0.3) is 0 Å². The van der Waals surface area contributed by atoms with E-state index in [-0.39, 0.29) is 136 Å². The Balaban J connectivity index is -0.000000161. The van der Waals surface area contributed by atoms with Gasteiger partial charge in [0.05, 0.1) is 34.0 Å². The van der Waals surface area contributed by atoms with Crippen LogP contribution in [0.1, 0.15) is 136 Å². The van der Waals surface area contributed by atoms with Crippen LogP contribution in [-0.4, -0.2) is 134 Å². The molecule has 4 fully saturated rings. The predicted octanol–water partition coefficient (Wildman–Crippen LogP) is 4.47. The van der Waals surface area contributed by atoms with E-state index in [1.165, 1.54) is 67.3 Å². The number of alkyl halides is 3. The molecule has 0 radical (unpaired) electrons. The third-order valence-electron chi connectivity index (χ3n) is 8.46. The molecule has 0 aliphatic carbocycles. The van der Waals surface area contributed by atoms with E-state index in [2.05, 4.69) is 81.6 Å². The Kier molecular flexibility index (Phi) is 71.5. The molecule has 0 aromatic rings. The SMILES string of the molecule is CC(=O)[S-].CC1CCCO1.COC(=O)C(Br)CCCCBr.COC(=O)C(CCCCBr)SC(C)=O.COC(=O)C1CCCCS1.O=C(O)C1CCCCS1.O=C1CCCCCO1.[K+].[NH-]O.[Na+]. The van der Waals surface area contributed by atoms with Crippen molar-refractivity contribution in [2.75, 3.05) is 56.7 Å². The number of methoxy groups -OCH3 is 3. The van der Waals surface area contributed by atoms with Gasteiger partial charge >= 0.3 is 111 Å². The van der Waals surface area contributed by atoms with Gasteiger partial charge in [-0.3, -0.25) is 28.8 Å². The summed E-state index contributed by atoms with van der Waals surface area (Å²) in [6.45, 7) is 6.55. The third kappa shape index (κ3) is 56.8. The van der Waals surface area contributed by atoms with Crippen molar-refractivity contribution in [1.82, 2.24) is 0 Å². The minimum atomic E-state index is -0.639. The summed E-state index contributed by atoms with van der Waals surface area (Å²) in [7, 11) is 4.21. The van der Waals surface area contributed by atoms with Gasteiger partial charge in [0.1, 0.15) is 20.6 Å². The summed E-state index contributed by atoms with van der Waals surface area (Å²) in [6, 6.07) is 0. The van der Waals surface area contributed by atoms with Crippen LogP contribution in [0.2, 0.25) is 0 Å². The average Bonchev–Trinajstić information content (AvgIpc) is 3.66. The minimum absolute atomic E-state index is 0. The topological polar surface area (TPSA) is 230 Å². The average molecular weight is 1250 g/mol. The number of ether oxygens (including phenoxy) is 5. The molecular formula is C42H74Br3KNNaO14S4. The first-order valence-electron chi connectivity index (χ1n) is 21.3. The summed E-state index contributed by atoms with van der Waals surface area (Å²) in [6.07, 6.45) is 19.1. The molecule has 4 aliphatic rings.